The maximum Gasteiger partial charge on any atom is 0.314 e. The minimum atomic E-state index is -0.242. The summed E-state index contributed by atoms with van der Waals surface area (Å²) >= 11 is 6.22. The lowest BCUT2D eigenvalue weighted by Gasteiger charge is -2.39. The first-order valence-electron chi connectivity index (χ1n) is 7.77. The lowest BCUT2D eigenvalue weighted by atomic mass is 10.1. The molecule has 0 unspecified atom stereocenters. The average Bonchev–Trinajstić information content (AvgIpc) is 3.31. The molecule has 1 saturated heterocycles. The average molecular weight is 338 g/mol. The van der Waals surface area contributed by atoms with Crippen LogP contribution in [0.3, 0.4) is 0 Å². The lowest BCUT2D eigenvalue weighted by molar-refractivity contribution is 0.0573. The van der Waals surface area contributed by atoms with E-state index in [1.165, 1.54) is 12.8 Å². The van der Waals surface area contributed by atoms with E-state index in [4.69, 9.17) is 16.3 Å². The molecule has 0 aromatic heterocycles. The maximum absolute atomic E-state index is 12.7. The molecule has 1 saturated carbocycles. The minimum Gasteiger partial charge on any atom is -0.492 e. The molecular weight excluding hydrogens is 318 g/mol. The molecule has 3 amide bonds. The van der Waals surface area contributed by atoms with Crippen molar-refractivity contribution in [1.82, 2.24) is 15.5 Å². The SMILES string of the molecule is CNC(=O)NC1CN(C(=O)c2c(Cl)cccc2OCC2CC2)C1. The van der Waals surface area contributed by atoms with Gasteiger partial charge in [0, 0.05) is 20.1 Å². The Morgan fingerprint density at radius 3 is 2.74 bits per heavy atom. The van der Waals surface area contributed by atoms with E-state index in [2.05, 4.69) is 10.6 Å². The van der Waals surface area contributed by atoms with E-state index < -0.39 is 0 Å². The zero-order valence-electron chi connectivity index (χ0n) is 13.0. The third-order valence-electron chi connectivity index (χ3n) is 4.09. The van der Waals surface area contributed by atoms with E-state index in [-0.39, 0.29) is 18.0 Å². The van der Waals surface area contributed by atoms with Gasteiger partial charge in [-0.3, -0.25) is 4.79 Å². The summed E-state index contributed by atoms with van der Waals surface area (Å²) in [7, 11) is 1.56. The molecule has 0 radical (unpaired) electrons. The van der Waals surface area contributed by atoms with Crippen molar-refractivity contribution in [1.29, 1.82) is 0 Å². The van der Waals surface area contributed by atoms with Crippen LogP contribution >= 0.6 is 11.6 Å². The van der Waals surface area contributed by atoms with Crippen LogP contribution in [0.2, 0.25) is 5.02 Å². The van der Waals surface area contributed by atoms with Crippen molar-refractivity contribution in [2.75, 3.05) is 26.7 Å². The molecule has 2 aliphatic rings. The topological polar surface area (TPSA) is 70.7 Å². The van der Waals surface area contributed by atoms with Crippen LogP contribution in [0, 0.1) is 5.92 Å². The predicted octanol–water partition coefficient (Wildman–Crippen LogP) is 1.88. The summed E-state index contributed by atoms with van der Waals surface area (Å²) < 4.78 is 5.78. The molecule has 1 aliphatic carbocycles. The molecular formula is C16H20ClN3O3. The van der Waals surface area contributed by atoms with E-state index in [0.29, 0.717) is 41.9 Å². The molecule has 1 aromatic rings. The van der Waals surface area contributed by atoms with Crippen LogP contribution in [-0.2, 0) is 0 Å². The molecule has 2 N–H and O–H groups in total. The minimum absolute atomic E-state index is 0.0304. The number of likely N-dealkylation sites (tertiary alicyclic amines) is 1. The third kappa shape index (κ3) is 3.69. The number of nitrogens with zero attached hydrogens (tertiary/aromatic N) is 1. The van der Waals surface area contributed by atoms with Gasteiger partial charge in [0.1, 0.15) is 11.3 Å². The molecule has 0 spiro atoms. The van der Waals surface area contributed by atoms with Crippen LogP contribution in [0.4, 0.5) is 4.79 Å². The molecule has 124 valence electrons. The quantitative estimate of drug-likeness (QED) is 0.862. The summed E-state index contributed by atoms with van der Waals surface area (Å²) in [6, 6.07) is 4.99. The second-order valence-electron chi connectivity index (χ2n) is 6.00. The highest BCUT2D eigenvalue weighted by molar-refractivity contribution is 6.34. The lowest BCUT2D eigenvalue weighted by Crippen LogP contribution is -2.62. The van der Waals surface area contributed by atoms with E-state index in [0.717, 1.165) is 0 Å². The summed E-state index contributed by atoms with van der Waals surface area (Å²) in [6.45, 7) is 1.57. The summed E-state index contributed by atoms with van der Waals surface area (Å²) in [5.74, 6) is 0.982. The van der Waals surface area contributed by atoms with Gasteiger partial charge < -0.3 is 20.3 Å². The number of hydrogen-bond acceptors (Lipinski definition) is 3. The highest BCUT2D eigenvalue weighted by Crippen LogP contribution is 2.33. The molecule has 1 aromatic carbocycles. The molecule has 0 bridgehead atoms. The fraction of sp³-hybridized carbons (Fsp3) is 0.500. The standard InChI is InChI=1S/C16H20ClN3O3/c1-18-16(22)19-11-7-20(8-11)15(21)14-12(17)3-2-4-13(14)23-9-10-5-6-10/h2-4,10-11H,5-9H2,1H3,(H2,18,19,22). The first-order valence-corrected chi connectivity index (χ1v) is 8.15. The Balaban J connectivity index is 1.64. The van der Waals surface area contributed by atoms with Gasteiger partial charge in [-0.2, -0.15) is 0 Å². The number of amides is 3. The van der Waals surface area contributed by atoms with E-state index >= 15 is 0 Å². The monoisotopic (exact) mass is 337 g/mol. The van der Waals surface area contributed by atoms with Gasteiger partial charge in [0.2, 0.25) is 0 Å². The molecule has 1 heterocycles. The summed E-state index contributed by atoms with van der Waals surface area (Å²) in [6.07, 6.45) is 2.37. The third-order valence-corrected chi connectivity index (χ3v) is 4.41. The van der Waals surface area contributed by atoms with Crippen LogP contribution in [0.5, 0.6) is 5.75 Å². The van der Waals surface area contributed by atoms with E-state index in [1.54, 1.807) is 30.1 Å². The van der Waals surface area contributed by atoms with Crippen LogP contribution in [-0.4, -0.2) is 49.6 Å². The number of halogens is 1. The van der Waals surface area contributed by atoms with Crippen molar-refractivity contribution < 1.29 is 14.3 Å². The van der Waals surface area contributed by atoms with Crippen molar-refractivity contribution in [3.8, 4) is 5.75 Å². The number of ether oxygens (including phenoxy) is 1. The molecule has 0 atom stereocenters. The molecule has 2 fully saturated rings. The van der Waals surface area contributed by atoms with Gasteiger partial charge >= 0.3 is 6.03 Å². The van der Waals surface area contributed by atoms with Crippen LogP contribution in [0.15, 0.2) is 18.2 Å². The smallest absolute Gasteiger partial charge is 0.314 e. The molecule has 6 nitrogen and oxygen atoms in total. The van der Waals surface area contributed by atoms with Crippen LogP contribution < -0.4 is 15.4 Å². The van der Waals surface area contributed by atoms with Crippen molar-refractivity contribution in [3.05, 3.63) is 28.8 Å². The number of benzene rings is 1. The van der Waals surface area contributed by atoms with Gasteiger partial charge in [-0.05, 0) is 30.9 Å². The van der Waals surface area contributed by atoms with Gasteiger partial charge in [-0.25, -0.2) is 4.79 Å². The van der Waals surface area contributed by atoms with Crippen molar-refractivity contribution in [3.63, 3.8) is 0 Å². The fourth-order valence-corrected chi connectivity index (χ4v) is 2.72. The second kappa shape index (κ2) is 6.66. The number of urea groups is 1. The predicted molar refractivity (Wildman–Crippen MR) is 87.0 cm³/mol. The first kappa shape index (κ1) is 15.9. The fourth-order valence-electron chi connectivity index (χ4n) is 2.48. The number of hydrogen-bond donors (Lipinski definition) is 2. The summed E-state index contributed by atoms with van der Waals surface area (Å²) in [5, 5.41) is 5.66. The van der Waals surface area contributed by atoms with E-state index in [1.807, 2.05) is 0 Å². The Morgan fingerprint density at radius 2 is 2.09 bits per heavy atom. The van der Waals surface area contributed by atoms with Crippen LogP contribution in [0.25, 0.3) is 0 Å². The highest BCUT2D eigenvalue weighted by Gasteiger charge is 2.34. The normalized spacial score (nSPS) is 17.4. The first-order chi connectivity index (χ1) is 11.1. The number of carbonyl (C=O) groups excluding carboxylic acids is 2. The van der Waals surface area contributed by atoms with Gasteiger partial charge in [0.05, 0.1) is 17.7 Å². The number of rotatable bonds is 5. The van der Waals surface area contributed by atoms with Gasteiger partial charge in [-0.15, -0.1) is 0 Å². The Labute approximate surface area is 140 Å². The van der Waals surface area contributed by atoms with Crippen molar-refractivity contribution in [2.24, 2.45) is 5.92 Å². The van der Waals surface area contributed by atoms with Crippen molar-refractivity contribution >= 4 is 23.5 Å². The number of carbonyl (C=O) groups is 2. The number of nitrogens with one attached hydrogen (secondary N) is 2. The Morgan fingerprint density at radius 1 is 1.35 bits per heavy atom. The van der Waals surface area contributed by atoms with E-state index in [9.17, 15) is 9.59 Å². The molecule has 7 heteroatoms. The Bertz CT molecular complexity index is 613. The maximum atomic E-state index is 12.7. The zero-order chi connectivity index (χ0) is 16.4. The molecule has 1 aliphatic heterocycles. The summed E-state index contributed by atoms with van der Waals surface area (Å²) in [5.41, 5.74) is 0.410. The largest absolute Gasteiger partial charge is 0.492 e. The highest BCUT2D eigenvalue weighted by atomic mass is 35.5. The molecule has 3 rings (SSSR count). The Hall–Kier alpha value is -1.95. The van der Waals surface area contributed by atoms with Gasteiger partial charge in [0.25, 0.3) is 5.91 Å². The summed E-state index contributed by atoms with van der Waals surface area (Å²) in [4.78, 5) is 25.6. The van der Waals surface area contributed by atoms with Crippen LogP contribution in [0.1, 0.15) is 23.2 Å². The Kier molecular flexibility index (Phi) is 4.61. The zero-order valence-corrected chi connectivity index (χ0v) is 13.7. The second-order valence-corrected chi connectivity index (χ2v) is 6.41. The van der Waals surface area contributed by atoms with Gasteiger partial charge in [0.15, 0.2) is 0 Å². The molecule has 23 heavy (non-hydrogen) atoms. The van der Waals surface area contributed by atoms with Crippen molar-refractivity contribution in [2.45, 2.75) is 18.9 Å². The van der Waals surface area contributed by atoms with Gasteiger partial charge in [-0.1, -0.05) is 17.7 Å².